The van der Waals surface area contributed by atoms with E-state index in [0.29, 0.717) is 11.2 Å². The predicted molar refractivity (Wildman–Crippen MR) is 169 cm³/mol. The zero-order valence-electron chi connectivity index (χ0n) is 21.2. The maximum absolute atomic E-state index is 13.9. The fraction of sp³-hybridized carbons (Fsp3) is 0.0882. The van der Waals surface area contributed by atoms with Gasteiger partial charge in [0.15, 0.2) is 0 Å². The molecule has 0 aromatic heterocycles. The van der Waals surface area contributed by atoms with Gasteiger partial charge in [-0.15, -0.1) is 0 Å². The third-order valence-corrected chi connectivity index (χ3v) is 14.4. The van der Waals surface area contributed by atoms with Gasteiger partial charge >= 0.3 is 0 Å². The zero-order chi connectivity index (χ0) is 26.2. The molecule has 0 saturated carbocycles. The molecule has 5 aromatic rings. The minimum absolute atomic E-state index is 0.173. The van der Waals surface area contributed by atoms with Gasteiger partial charge in [-0.1, -0.05) is 109 Å². The summed E-state index contributed by atoms with van der Waals surface area (Å²) in [7, 11) is -2.68. The predicted octanol–water partition coefficient (Wildman–Crippen LogP) is 7.32. The number of hydrogen-bond acceptors (Lipinski definition) is 1. The summed E-state index contributed by atoms with van der Waals surface area (Å²) in [4.78, 5) is 13.9. The van der Waals surface area contributed by atoms with Gasteiger partial charge in [0, 0.05) is 16.7 Å². The highest BCUT2D eigenvalue weighted by molar-refractivity contribution is 7.90. The van der Waals surface area contributed by atoms with E-state index in [0.717, 1.165) is 17.9 Å². The first-order chi connectivity index (χ1) is 18.7. The summed E-state index contributed by atoms with van der Waals surface area (Å²) in [6, 6.07) is 50.5. The molecule has 0 heterocycles. The third kappa shape index (κ3) is 6.14. The molecule has 0 fully saturated rings. The lowest BCUT2D eigenvalue weighted by molar-refractivity contribution is 0.102. The number of benzene rings is 5. The summed E-state index contributed by atoms with van der Waals surface area (Å²) in [5.41, 5.74) is 0.721. The van der Waals surface area contributed by atoms with E-state index in [1.807, 2.05) is 24.3 Å². The average Bonchev–Trinajstić information content (AvgIpc) is 2.99. The number of carbonyl (C=O) groups is 1. The van der Waals surface area contributed by atoms with E-state index in [2.05, 4.69) is 121 Å². The summed E-state index contributed by atoms with van der Waals surface area (Å²) in [5.74, 6) is 0.173. The van der Waals surface area contributed by atoms with Crippen molar-refractivity contribution >= 4 is 53.8 Å². The second kappa shape index (κ2) is 12.6. The van der Waals surface area contributed by atoms with Gasteiger partial charge in [0.1, 0.15) is 6.16 Å². The number of carbonyl (C=O) groups excluding carboxylic acids is 1. The first-order valence-electron chi connectivity index (χ1n) is 12.8. The molecule has 0 saturated heterocycles. The maximum atomic E-state index is 13.9. The Balaban J connectivity index is 1.60. The molecule has 0 aliphatic heterocycles. The standard InChI is InChI=1S/C34H30ClOP2/c35-29-23-21-28(22-24-29)34(36)27-38(32-17-9-3-10-18-32,33-19-11-4-12-20-33)26-25-37(30-13-5-1-6-14-30)31-15-7-2-8-16-31/h1-24H,25-27H2/q+1. The zero-order valence-corrected chi connectivity index (χ0v) is 23.7. The SMILES string of the molecule is O=C(C[P+](CCP(c1ccccc1)c1ccccc1)(c1ccccc1)c1ccccc1)c1ccc(Cl)cc1. The molecule has 0 atom stereocenters. The molecule has 188 valence electrons. The fourth-order valence-electron chi connectivity index (χ4n) is 4.96. The van der Waals surface area contributed by atoms with E-state index in [9.17, 15) is 4.79 Å². The van der Waals surface area contributed by atoms with Gasteiger partial charge in [-0.05, 0) is 67.1 Å². The van der Waals surface area contributed by atoms with E-state index < -0.39 is 15.2 Å². The van der Waals surface area contributed by atoms with Gasteiger partial charge in [0.2, 0.25) is 5.78 Å². The van der Waals surface area contributed by atoms with Crippen LogP contribution in [0.2, 0.25) is 5.02 Å². The molecule has 5 aromatic carbocycles. The molecule has 38 heavy (non-hydrogen) atoms. The van der Waals surface area contributed by atoms with Crippen LogP contribution in [0.5, 0.6) is 0 Å². The van der Waals surface area contributed by atoms with Crippen molar-refractivity contribution in [2.75, 3.05) is 18.5 Å². The van der Waals surface area contributed by atoms with Crippen LogP contribution >= 0.6 is 26.8 Å². The summed E-state index contributed by atoms with van der Waals surface area (Å²) in [6.07, 6.45) is 2.46. The van der Waals surface area contributed by atoms with Crippen LogP contribution in [0.25, 0.3) is 0 Å². The lowest BCUT2D eigenvalue weighted by atomic mass is 10.1. The topological polar surface area (TPSA) is 17.1 Å². The van der Waals surface area contributed by atoms with Crippen molar-refractivity contribution in [2.24, 2.45) is 0 Å². The number of Topliss-reactive ketones (excluding diaryl/α,β-unsaturated/α-hetero) is 1. The van der Waals surface area contributed by atoms with Crippen molar-refractivity contribution in [3.8, 4) is 0 Å². The van der Waals surface area contributed by atoms with E-state index in [-0.39, 0.29) is 5.78 Å². The van der Waals surface area contributed by atoms with Crippen LogP contribution in [0.15, 0.2) is 146 Å². The number of ketones is 1. The number of rotatable bonds is 10. The van der Waals surface area contributed by atoms with E-state index in [1.54, 1.807) is 0 Å². The minimum Gasteiger partial charge on any atom is -0.290 e. The first-order valence-corrected chi connectivity index (χ1v) is 16.9. The molecule has 0 N–H and O–H groups in total. The normalized spacial score (nSPS) is 11.4. The highest BCUT2D eigenvalue weighted by Gasteiger charge is 2.45. The molecule has 0 unspecified atom stereocenters. The molecule has 4 heteroatoms. The Hall–Kier alpha value is -3.08. The van der Waals surface area contributed by atoms with Gasteiger partial charge in [0.05, 0.1) is 24.0 Å². The van der Waals surface area contributed by atoms with E-state index >= 15 is 0 Å². The summed E-state index contributed by atoms with van der Waals surface area (Å²) >= 11 is 6.14. The third-order valence-electron chi connectivity index (χ3n) is 6.92. The monoisotopic (exact) mass is 551 g/mol. The molecular weight excluding hydrogens is 522 g/mol. The van der Waals surface area contributed by atoms with E-state index in [4.69, 9.17) is 11.6 Å². The first kappa shape index (κ1) is 26.5. The van der Waals surface area contributed by atoms with Crippen molar-refractivity contribution in [2.45, 2.75) is 0 Å². The van der Waals surface area contributed by atoms with Gasteiger partial charge in [-0.2, -0.15) is 0 Å². The summed E-state index contributed by atoms with van der Waals surface area (Å²) < 4.78 is 0. The van der Waals surface area contributed by atoms with Crippen molar-refractivity contribution in [1.82, 2.24) is 0 Å². The van der Waals surface area contributed by atoms with Crippen LogP contribution in [0.4, 0.5) is 0 Å². The van der Waals surface area contributed by atoms with Gasteiger partial charge in [-0.3, -0.25) is 4.79 Å². The maximum Gasteiger partial charge on any atom is 0.200 e. The van der Waals surface area contributed by atoms with Crippen molar-refractivity contribution < 1.29 is 4.79 Å². The Labute approximate surface area is 232 Å². The Kier molecular flexibility index (Phi) is 8.83. The van der Waals surface area contributed by atoms with Gasteiger partial charge in [0.25, 0.3) is 0 Å². The Bertz CT molecular complexity index is 1360. The lowest BCUT2D eigenvalue weighted by Crippen LogP contribution is -2.32. The molecular formula is C34H30ClOP2+. The minimum atomic E-state index is -2.10. The molecule has 0 amide bonds. The molecule has 1 nitrogen and oxygen atoms in total. The Morgan fingerprint density at radius 1 is 0.579 bits per heavy atom. The largest absolute Gasteiger partial charge is 0.290 e. The van der Waals surface area contributed by atoms with Crippen LogP contribution in [0.1, 0.15) is 10.4 Å². The highest BCUT2D eigenvalue weighted by Crippen LogP contribution is 2.58. The molecule has 0 radical (unpaired) electrons. The fourth-order valence-corrected chi connectivity index (χ4v) is 12.6. The average molecular weight is 552 g/mol. The van der Waals surface area contributed by atoms with Crippen molar-refractivity contribution in [3.63, 3.8) is 0 Å². The second-order valence-electron chi connectivity index (χ2n) is 9.27. The Morgan fingerprint density at radius 3 is 1.45 bits per heavy atom. The summed E-state index contributed by atoms with van der Waals surface area (Å²) in [6.45, 7) is 0. The van der Waals surface area contributed by atoms with Crippen LogP contribution in [-0.4, -0.2) is 24.3 Å². The summed E-state index contributed by atoms with van der Waals surface area (Å²) in [5, 5.41) is 5.95. The van der Waals surface area contributed by atoms with Gasteiger partial charge in [-0.25, -0.2) is 0 Å². The lowest BCUT2D eigenvalue weighted by Gasteiger charge is -2.29. The quantitative estimate of drug-likeness (QED) is 0.131. The molecule has 0 bridgehead atoms. The molecule has 0 aliphatic carbocycles. The Morgan fingerprint density at radius 2 is 1.00 bits per heavy atom. The second-order valence-corrected chi connectivity index (χ2v) is 15.8. The van der Waals surface area contributed by atoms with E-state index in [1.165, 1.54) is 21.2 Å². The van der Waals surface area contributed by atoms with Crippen molar-refractivity contribution in [1.29, 1.82) is 0 Å². The molecule has 0 spiro atoms. The smallest absolute Gasteiger partial charge is 0.200 e. The number of halogens is 1. The van der Waals surface area contributed by atoms with Gasteiger partial charge < -0.3 is 0 Å². The number of hydrogen-bond donors (Lipinski definition) is 0. The van der Waals surface area contributed by atoms with Crippen LogP contribution in [0, 0.1) is 0 Å². The van der Waals surface area contributed by atoms with Crippen molar-refractivity contribution in [3.05, 3.63) is 156 Å². The molecule has 0 aliphatic rings. The molecule has 5 rings (SSSR count). The van der Waals surface area contributed by atoms with Crippen LogP contribution in [-0.2, 0) is 0 Å². The van der Waals surface area contributed by atoms with Crippen LogP contribution in [0.3, 0.4) is 0 Å². The highest BCUT2D eigenvalue weighted by atomic mass is 35.5. The van der Waals surface area contributed by atoms with Crippen LogP contribution < -0.4 is 21.2 Å².